The number of nitrogens with two attached hydrogens (primary N) is 1. The second-order valence-electron chi connectivity index (χ2n) is 4.08. The number of thiophene rings is 1. The molecule has 17 heavy (non-hydrogen) atoms. The van der Waals surface area contributed by atoms with Crippen LogP contribution in [0.3, 0.4) is 0 Å². The third-order valence-corrected chi connectivity index (χ3v) is 3.91. The quantitative estimate of drug-likeness (QED) is 0.795. The average Bonchev–Trinajstić information content (AvgIpc) is 2.78. The van der Waals surface area contributed by atoms with Gasteiger partial charge in [0.25, 0.3) is 11.8 Å². The number of nitrogens with one attached hydrogen (secondary N) is 1. The Balaban J connectivity index is 2.15. The third kappa shape index (κ3) is 2.48. The van der Waals surface area contributed by atoms with Gasteiger partial charge < -0.3 is 16.0 Å². The molecule has 1 aliphatic heterocycles. The van der Waals surface area contributed by atoms with Crippen LogP contribution in [0.25, 0.3) is 0 Å². The van der Waals surface area contributed by atoms with Crippen LogP contribution in [0.15, 0.2) is 12.1 Å². The lowest BCUT2D eigenvalue weighted by Crippen LogP contribution is -2.52. The summed E-state index contributed by atoms with van der Waals surface area (Å²) in [6.45, 7) is 4.32. The van der Waals surface area contributed by atoms with E-state index in [1.54, 1.807) is 12.1 Å². The fraction of sp³-hybridized carbons (Fsp3) is 0.455. The van der Waals surface area contributed by atoms with E-state index in [9.17, 15) is 9.59 Å². The van der Waals surface area contributed by atoms with Crippen molar-refractivity contribution in [2.75, 3.05) is 19.6 Å². The molecule has 0 aromatic carbocycles. The van der Waals surface area contributed by atoms with Crippen LogP contribution in [0, 0.1) is 0 Å². The van der Waals surface area contributed by atoms with E-state index in [1.165, 1.54) is 0 Å². The molecule has 6 heteroatoms. The van der Waals surface area contributed by atoms with E-state index in [-0.39, 0.29) is 11.9 Å². The van der Waals surface area contributed by atoms with Gasteiger partial charge >= 0.3 is 0 Å². The first-order valence-electron chi connectivity index (χ1n) is 5.51. The Morgan fingerprint density at radius 1 is 1.47 bits per heavy atom. The summed E-state index contributed by atoms with van der Waals surface area (Å²) in [5, 5.41) is 3.23. The number of piperazine rings is 1. The molecule has 1 aliphatic rings. The lowest BCUT2D eigenvalue weighted by atomic mass is 10.2. The minimum Gasteiger partial charge on any atom is -0.365 e. The van der Waals surface area contributed by atoms with Gasteiger partial charge in [0.15, 0.2) is 0 Å². The molecule has 2 amide bonds. The number of carbonyl (C=O) groups excluding carboxylic acids is 2. The summed E-state index contributed by atoms with van der Waals surface area (Å²) >= 11 is 1.16. The summed E-state index contributed by atoms with van der Waals surface area (Å²) in [4.78, 5) is 26.0. The molecule has 1 atom stereocenters. The number of primary amides is 1. The smallest absolute Gasteiger partial charge is 0.264 e. The SMILES string of the molecule is C[C@@H]1CNCCN1C(=O)c1ccc(C(N)=O)s1. The highest BCUT2D eigenvalue weighted by Crippen LogP contribution is 2.19. The molecule has 0 saturated carbocycles. The highest BCUT2D eigenvalue weighted by molar-refractivity contribution is 7.15. The Kier molecular flexibility index (Phi) is 3.44. The van der Waals surface area contributed by atoms with Crippen LogP contribution in [0.4, 0.5) is 0 Å². The zero-order chi connectivity index (χ0) is 12.4. The van der Waals surface area contributed by atoms with Crippen molar-refractivity contribution in [3.8, 4) is 0 Å². The van der Waals surface area contributed by atoms with Crippen molar-refractivity contribution in [1.29, 1.82) is 0 Å². The second-order valence-corrected chi connectivity index (χ2v) is 5.16. The van der Waals surface area contributed by atoms with Gasteiger partial charge in [0.1, 0.15) is 0 Å². The van der Waals surface area contributed by atoms with Crippen LogP contribution < -0.4 is 11.1 Å². The maximum Gasteiger partial charge on any atom is 0.264 e. The summed E-state index contributed by atoms with van der Waals surface area (Å²) in [6, 6.07) is 3.45. The lowest BCUT2D eigenvalue weighted by Gasteiger charge is -2.33. The lowest BCUT2D eigenvalue weighted by molar-refractivity contribution is 0.0660. The average molecular weight is 253 g/mol. The fourth-order valence-electron chi connectivity index (χ4n) is 1.87. The van der Waals surface area contributed by atoms with Gasteiger partial charge in [0.05, 0.1) is 9.75 Å². The van der Waals surface area contributed by atoms with Crippen LogP contribution in [0.1, 0.15) is 26.3 Å². The van der Waals surface area contributed by atoms with Gasteiger partial charge in [-0.1, -0.05) is 0 Å². The van der Waals surface area contributed by atoms with E-state index >= 15 is 0 Å². The van der Waals surface area contributed by atoms with Crippen molar-refractivity contribution in [2.24, 2.45) is 5.73 Å². The van der Waals surface area contributed by atoms with Crippen molar-refractivity contribution >= 4 is 23.2 Å². The Labute approximate surface area is 104 Å². The van der Waals surface area contributed by atoms with Gasteiger partial charge in [-0.25, -0.2) is 0 Å². The standard InChI is InChI=1S/C11H15N3O2S/c1-7-6-13-4-5-14(7)11(16)9-3-2-8(17-9)10(12)15/h2-3,7,13H,4-6H2,1H3,(H2,12,15)/t7-/m1/s1. The number of hydrogen-bond acceptors (Lipinski definition) is 4. The molecule has 1 fully saturated rings. The van der Waals surface area contributed by atoms with E-state index in [4.69, 9.17) is 5.73 Å². The summed E-state index contributed by atoms with van der Waals surface area (Å²) in [5.41, 5.74) is 5.17. The van der Waals surface area contributed by atoms with E-state index in [0.717, 1.165) is 24.4 Å². The van der Waals surface area contributed by atoms with E-state index in [2.05, 4.69) is 5.32 Å². The van der Waals surface area contributed by atoms with Crippen molar-refractivity contribution in [3.63, 3.8) is 0 Å². The minimum atomic E-state index is -0.484. The predicted octanol–water partition coefficient (Wildman–Crippen LogP) is 0.281. The maximum atomic E-state index is 12.2. The van der Waals surface area contributed by atoms with Crippen LogP contribution >= 0.6 is 11.3 Å². The van der Waals surface area contributed by atoms with E-state index < -0.39 is 5.91 Å². The highest BCUT2D eigenvalue weighted by atomic mass is 32.1. The van der Waals surface area contributed by atoms with Gasteiger partial charge in [-0.15, -0.1) is 11.3 Å². The van der Waals surface area contributed by atoms with E-state index in [1.807, 2.05) is 11.8 Å². The number of nitrogens with zero attached hydrogens (tertiary/aromatic N) is 1. The van der Waals surface area contributed by atoms with Gasteiger partial charge in [-0.2, -0.15) is 0 Å². The molecular formula is C11H15N3O2S. The van der Waals surface area contributed by atoms with Crippen LogP contribution in [0.5, 0.6) is 0 Å². The summed E-state index contributed by atoms with van der Waals surface area (Å²) < 4.78 is 0. The van der Waals surface area contributed by atoms with Crippen molar-refractivity contribution in [1.82, 2.24) is 10.2 Å². The molecule has 0 bridgehead atoms. The van der Waals surface area contributed by atoms with Crippen LogP contribution in [0.2, 0.25) is 0 Å². The summed E-state index contributed by atoms with van der Waals surface area (Å²) in [6.07, 6.45) is 0. The normalized spacial score (nSPS) is 20.3. The number of hydrogen-bond donors (Lipinski definition) is 2. The first kappa shape index (κ1) is 12.1. The van der Waals surface area contributed by atoms with Crippen LogP contribution in [-0.2, 0) is 0 Å². The molecule has 3 N–H and O–H groups in total. The van der Waals surface area contributed by atoms with E-state index in [0.29, 0.717) is 16.3 Å². The Morgan fingerprint density at radius 2 is 2.18 bits per heavy atom. The molecule has 0 unspecified atom stereocenters. The third-order valence-electron chi connectivity index (χ3n) is 2.82. The van der Waals surface area contributed by atoms with Gasteiger partial charge in [-0.05, 0) is 19.1 Å². The minimum absolute atomic E-state index is 0.0171. The zero-order valence-corrected chi connectivity index (χ0v) is 10.4. The fourth-order valence-corrected chi connectivity index (χ4v) is 2.68. The number of amides is 2. The Bertz CT molecular complexity index is 444. The Morgan fingerprint density at radius 3 is 2.76 bits per heavy atom. The molecule has 2 rings (SSSR count). The first-order chi connectivity index (χ1) is 8.09. The molecule has 1 saturated heterocycles. The molecule has 0 aliphatic carbocycles. The molecule has 1 aromatic heterocycles. The summed E-state index contributed by atoms with van der Waals surface area (Å²) in [5.74, 6) is -0.501. The second kappa shape index (κ2) is 4.85. The number of carbonyl (C=O) groups is 2. The molecule has 92 valence electrons. The first-order valence-corrected chi connectivity index (χ1v) is 6.32. The van der Waals surface area contributed by atoms with Crippen LogP contribution in [-0.4, -0.2) is 42.4 Å². The molecule has 0 spiro atoms. The van der Waals surface area contributed by atoms with Gasteiger partial charge in [0.2, 0.25) is 0 Å². The number of rotatable bonds is 2. The molecule has 1 aromatic rings. The largest absolute Gasteiger partial charge is 0.365 e. The Hall–Kier alpha value is -1.40. The predicted molar refractivity (Wildman–Crippen MR) is 66.2 cm³/mol. The van der Waals surface area contributed by atoms with Gasteiger partial charge in [-0.3, -0.25) is 9.59 Å². The highest BCUT2D eigenvalue weighted by Gasteiger charge is 2.25. The molecular weight excluding hydrogens is 238 g/mol. The van der Waals surface area contributed by atoms with Gasteiger partial charge in [0, 0.05) is 25.7 Å². The van der Waals surface area contributed by atoms with Crippen molar-refractivity contribution < 1.29 is 9.59 Å². The summed E-state index contributed by atoms with van der Waals surface area (Å²) in [7, 11) is 0. The van der Waals surface area contributed by atoms with Crippen molar-refractivity contribution in [2.45, 2.75) is 13.0 Å². The molecule has 5 nitrogen and oxygen atoms in total. The zero-order valence-electron chi connectivity index (χ0n) is 9.60. The topological polar surface area (TPSA) is 75.4 Å². The molecule has 2 heterocycles. The maximum absolute atomic E-state index is 12.2. The van der Waals surface area contributed by atoms with Crippen molar-refractivity contribution in [3.05, 3.63) is 21.9 Å². The monoisotopic (exact) mass is 253 g/mol. The molecule has 0 radical (unpaired) electrons.